The van der Waals surface area contributed by atoms with E-state index in [1.54, 1.807) is 17.3 Å². The van der Waals surface area contributed by atoms with Crippen molar-refractivity contribution < 1.29 is 14.3 Å². The number of aromatic nitrogens is 5. The lowest BCUT2D eigenvalue weighted by atomic mass is 10.0. The van der Waals surface area contributed by atoms with Crippen LogP contribution in [-0.2, 0) is 11.2 Å². The summed E-state index contributed by atoms with van der Waals surface area (Å²) >= 11 is 0. The number of amides is 1. The van der Waals surface area contributed by atoms with Crippen LogP contribution in [-0.4, -0.2) is 60.5 Å². The summed E-state index contributed by atoms with van der Waals surface area (Å²) in [5, 5.41) is 10.0. The number of nitrogens with zero attached hydrogens (tertiary/aromatic N) is 6. The van der Waals surface area contributed by atoms with Crippen LogP contribution in [0.4, 0.5) is 10.7 Å². The number of carbonyl (C=O) groups is 1. The minimum Gasteiger partial charge on any atom is -0.444 e. The SMILES string of the molecule is CCc1cnn(-c2cccc3c(Oc4ncccc4-c4ccnc(NC5CCCN(C(=O)OC(C)(C)C)C5)n4)c(C)ccc23)c1. The Morgan fingerprint density at radius 3 is 2.71 bits per heavy atom. The van der Waals surface area contributed by atoms with Crippen molar-refractivity contribution in [3.05, 3.63) is 84.4 Å². The summed E-state index contributed by atoms with van der Waals surface area (Å²) in [5.41, 5.74) is 4.03. The Morgan fingerprint density at radius 1 is 1.04 bits per heavy atom. The molecule has 1 fully saturated rings. The van der Waals surface area contributed by atoms with Crippen LogP contribution in [0.5, 0.6) is 11.6 Å². The number of aryl methyl sites for hydroxylation is 2. The lowest BCUT2D eigenvalue weighted by molar-refractivity contribution is 0.0206. The van der Waals surface area contributed by atoms with Crippen LogP contribution in [0.15, 0.2) is 73.3 Å². The molecule has 0 aliphatic carbocycles. The molecule has 0 bridgehead atoms. The van der Waals surface area contributed by atoms with Crippen molar-refractivity contribution >= 4 is 22.8 Å². The molecule has 1 saturated heterocycles. The number of piperidine rings is 1. The highest BCUT2D eigenvalue weighted by Crippen LogP contribution is 2.38. The van der Waals surface area contributed by atoms with Gasteiger partial charge in [0.2, 0.25) is 11.8 Å². The number of anilines is 1. The Bertz CT molecular complexity index is 1830. The smallest absolute Gasteiger partial charge is 0.410 e. The highest BCUT2D eigenvalue weighted by atomic mass is 16.6. The van der Waals surface area contributed by atoms with Crippen LogP contribution in [0.2, 0.25) is 0 Å². The number of pyridine rings is 1. The molecule has 0 radical (unpaired) electrons. The number of hydrogen-bond donors (Lipinski definition) is 1. The molecule has 6 rings (SSSR count). The summed E-state index contributed by atoms with van der Waals surface area (Å²) in [6, 6.07) is 16.0. The maximum atomic E-state index is 12.7. The van der Waals surface area contributed by atoms with Crippen molar-refractivity contribution in [2.75, 3.05) is 18.4 Å². The van der Waals surface area contributed by atoms with E-state index < -0.39 is 5.60 Å². The minimum absolute atomic E-state index is 0.00172. The molecule has 3 aromatic heterocycles. The molecular formula is C35H39N7O3. The fourth-order valence-electron chi connectivity index (χ4n) is 5.54. The van der Waals surface area contributed by atoms with Crippen molar-refractivity contribution in [3.63, 3.8) is 0 Å². The summed E-state index contributed by atoms with van der Waals surface area (Å²) < 4.78 is 14.1. The third kappa shape index (κ3) is 6.74. The van der Waals surface area contributed by atoms with Crippen LogP contribution in [0.25, 0.3) is 27.7 Å². The van der Waals surface area contributed by atoms with Gasteiger partial charge < -0.3 is 19.7 Å². The van der Waals surface area contributed by atoms with E-state index in [9.17, 15) is 4.79 Å². The van der Waals surface area contributed by atoms with Gasteiger partial charge in [0.15, 0.2) is 0 Å². The number of carbonyl (C=O) groups excluding carboxylic acids is 1. The summed E-state index contributed by atoms with van der Waals surface area (Å²) in [5.74, 6) is 1.66. The Hall–Kier alpha value is -4.99. The molecule has 1 atom stereocenters. The average Bonchev–Trinajstić information content (AvgIpc) is 3.51. The highest BCUT2D eigenvalue weighted by molar-refractivity contribution is 5.95. The zero-order chi connectivity index (χ0) is 31.6. The average molecular weight is 606 g/mol. The molecule has 4 heterocycles. The molecular weight excluding hydrogens is 566 g/mol. The van der Waals surface area contributed by atoms with Gasteiger partial charge in [-0.1, -0.05) is 31.2 Å². The minimum atomic E-state index is -0.538. The Balaban J connectivity index is 1.26. The van der Waals surface area contributed by atoms with E-state index in [1.165, 1.54) is 5.56 Å². The summed E-state index contributed by atoms with van der Waals surface area (Å²) in [7, 11) is 0. The monoisotopic (exact) mass is 605 g/mol. The number of rotatable bonds is 7. The molecule has 10 nitrogen and oxygen atoms in total. The first-order valence-corrected chi connectivity index (χ1v) is 15.5. The number of nitrogens with one attached hydrogen (secondary N) is 1. The summed E-state index contributed by atoms with van der Waals surface area (Å²) in [4.78, 5) is 28.3. The van der Waals surface area contributed by atoms with E-state index in [0.717, 1.165) is 52.6 Å². The van der Waals surface area contributed by atoms with E-state index in [4.69, 9.17) is 14.5 Å². The summed E-state index contributed by atoms with van der Waals surface area (Å²) in [6.07, 6.45) is 9.79. The number of ether oxygens (including phenoxy) is 2. The molecule has 1 amide bonds. The second kappa shape index (κ2) is 12.6. The normalized spacial score (nSPS) is 15.2. The Kier molecular flexibility index (Phi) is 8.38. The maximum absolute atomic E-state index is 12.7. The first-order valence-electron chi connectivity index (χ1n) is 15.5. The lowest BCUT2D eigenvalue weighted by Gasteiger charge is -2.34. The number of benzene rings is 2. The fourth-order valence-corrected chi connectivity index (χ4v) is 5.54. The van der Waals surface area contributed by atoms with E-state index >= 15 is 0 Å². The molecule has 2 aromatic carbocycles. The van der Waals surface area contributed by atoms with Gasteiger partial charge in [-0.3, -0.25) is 0 Å². The second-order valence-electron chi connectivity index (χ2n) is 12.4. The zero-order valence-electron chi connectivity index (χ0n) is 26.4. The van der Waals surface area contributed by atoms with Gasteiger partial charge >= 0.3 is 6.09 Å². The Labute approximate surface area is 263 Å². The van der Waals surface area contributed by atoms with Gasteiger partial charge in [0.25, 0.3) is 0 Å². The van der Waals surface area contributed by atoms with E-state index in [1.807, 2.05) is 62.8 Å². The molecule has 232 valence electrons. The van der Waals surface area contributed by atoms with E-state index in [-0.39, 0.29) is 12.1 Å². The lowest BCUT2D eigenvalue weighted by Crippen LogP contribution is -2.47. The van der Waals surface area contributed by atoms with Gasteiger partial charge in [-0.05, 0) is 82.3 Å². The van der Waals surface area contributed by atoms with Crippen molar-refractivity contribution in [3.8, 4) is 28.6 Å². The van der Waals surface area contributed by atoms with Gasteiger partial charge in [-0.25, -0.2) is 24.4 Å². The van der Waals surface area contributed by atoms with Gasteiger partial charge in [0.1, 0.15) is 11.4 Å². The predicted molar refractivity (Wildman–Crippen MR) is 175 cm³/mol. The largest absolute Gasteiger partial charge is 0.444 e. The first kappa shape index (κ1) is 30.1. The van der Waals surface area contributed by atoms with Crippen molar-refractivity contribution in [2.45, 2.75) is 65.5 Å². The predicted octanol–water partition coefficient (Wildman–Crippen LogP) is 7.35. The maximum Gasteiger partial charge on any atom is 0.410 e. The number of hydrogen-bond acceptors (Lipinski definition) is 8. The van der Waals surface area contributed by atoms with Crippen LogP contribution < -0.4 is 10.1 Å². The quantitative estimate of drug-likeness (QED) is 0.205. The zero-order valence-corrected chi connectivity index (χ0v) is 26.4. The van der Waals surface area contributed by atoms with Crippen LogP contribution in [0, 0.1) is 6.92 Å². The van der Waals surface area contributed by atoms with Gasteiger partial charge in [0, 0.05) is 48.5 Å². The molecule has 10 heteroatoms. The molecule has 1 N–H and O–H groups in total. The van der Waals surface area contributed by atoms with E-state index in [0.29, 0.717) is 30.6 Å². The summed E-state index contributed by atoms with van der Waals surface area (Å²) in [6.45, 7) is 11.0. The van der Waals surface area contributed by atoms with Gasteiger partial charge in [-0.15, -0.1) is 0 Å². The van der Waals surface area contributed by atoms with Crippen LogP contribution in [0.3, 0.4) is 0 Å². The van der Waals surface area contributed by atoms with E-state index in [2.05, 4.69) is 57.8 Å². The topological polar surface area (TPSA) is 107 Å². The third-order valence-corrected chi connectivity index (χ3v) is 7.78. The van der Waals surface area contributed by atoms with Gasteiger partial charge in [-0.2, -0.15) is 5.10 Å². The number of fused-ring (bicyclic) bond motifs is 1. The molecule has 45 heavy (non-hydrogen) atoms. The van der Waals surface area contributed by atoms with Gasteiger partial charge in [0.05, 0.1) is 23.1 Å². The van der Waals surface area contributed by atoms with Crippen molar-refractivity contribution in [1.29, 1.82) is 0 Å². The highest BCUT2D eigenvalue weighted by Gasteiger charge is 2.28. The molecule has 1 unspecified atom stereocenters. The first-order chi connectivity index (χ1) is 21.7. The van der Waals surface area contributed by atoms with Crippen molar-refractivity contribution in [2.24, 2.45) is 0 Å². The molecule has 5 aromatic rings. The third-order valence-electron chi connectivity index (χ3n) is 7.78. The number of likely N-dealkylation sites (tertiary alicyclic amines) is 1. The fraction of sp³-hybridized carbons (Fsp3) is 0.343. The standard InChI is InChI=1S/C35H39N7O3/c1-6-24-20-38-42(21-24)30-13-7-11-27-26(30)15-14-23(2)31(27)44-32-28(12-8-17-36-32)29-16-18-37-33(40-29)39-25-10-9-19-41(22-25)34(43)45-35(3,4)5/h7-8,11-18,20-21,25H,6,9-10,19,22H2,1-5H3,(H,37,39,40). The molecule has 1 aliphatic heterocycles. The van der Waals surface area contributed by atoms with Crippen molar-refractivity contribution in [1.82, 2.24) is 29.6 Å². The molecule has 1 aliphatic rings. The Morgan fingerprint density at radius 2 is 1.91 bits per heavy atom. The van der Waals surface area contributed by atoms with Crippen LogP contribution in [0.1, 0.15) is 51.7 Å². The van der Waals surface area contributed by atoms with Crippen LogP contribution >= 0.6 is 0 Å². The molecule has 0 spiro atoms. The second-order valence-corrected chi connectivity index (χ2v) is 12.4. The molecule has 0 saturated carbocycles.